The summed E-state index contributed by atoms with van der Waals surface area (Å²) in [4.78, 5) is 0. The minimum Gasteiger partial charge on any atom is -0.421 e. The summed E-state index contributed by atoms with van der Waals surface area (Å²) in [7, 11) is 0.734. The van der Waals surface area contributed by atoms with Crippen LogP contribution in [0.4, 0.5) is 0 Å². The van der Waals surface area contributed by atoms with E-state index in [0.717, 1.165) is 29.7 Å². The maximum atomic E-state index is 6.05. The highest BCUT2D eigenvalue weighted by Crippen LogP contribution is 2.26. The Labute approximate surface area is 124 Å². The Hall–Kier alpha value is -1.64. The third-order valence-corrected chi connectivity index (χ3v) is 4.55. The van der Waals surface area contributed by atoms with Crippen LogP contribution in [0, 0.1) is 0 Å². The average molecular weight is 282 g/mol. The molecule has 2 aromatic rings. The monoisotopic (exact) mass is 282 g/mol. The molecule has 20 heavy (non-hydrogen) atoms. The van der Waals surface area contributed by atoms with E-state index in [4.69, 9.17) is 4.43 Å². The van der Waals surface area contributed by atoms with Gasteiger partial charge in [-0.15, -0.1) is 6.58 Å². The standard InChI is InChI=1S/C18H22OSi/c1-2-13-18(19-20,14-16-9-5-3-6-10-16)15-17-11-7-4-8-12-17/h2-12H,1,13-15H2,20H3. The lowest BCUT2D eigenvalue weighted by Crippen LogP contribution is -2.36. The van der Waals surface area contributed by atoms with Crippen LogP contribution in [0.25, 0.3) is 0 Å². The Kier molecular flexibility index (Phi) is 5.33. The summed E-state index contributed by atoms with van der Waals surface area (Å²) < 4.78 is 6.05. The molecule has 0 fully saturated rings. The van der Waals surface area contributed by atoms with E-state index in [9.17, 15) is 0 Å². The van der Waals surface area contributed by atoms with Gasteiger partial charge >= 0.3 is 0 Å². The van der Waals surface area contributed by atoms with Crippen LogP contribution >= 0.6 is 0 Å². The van der Waals surface area contributed by atoms with Crippen molar-refractivity contribution in [3.8, 4) is 0 Å². The van der Waals surface area contributed by atoms with Crippen molar-refractivity contribution >= 4 is 10.5 Å². The molecular formula is C18H22OSi. The molecule has 0 aromatic heterocycles. The SMILES string of the molecule is C=CCC(Cc1ccccc1)(Cc1ccccc1)O[SiH3]. The number of benzene rings is 2. The molecule has 0 atom stereocenters. The van der Waals surface area contributed by atoms with Gasteiger partial charge in [0.05, 0.1) is 5.60 Å². The second kappa shape index (κ2) is 7.22. The molecule has 0 bridgehead atoms. The minimum absolute atomic E-state index is 0.156. The van der Waals surface area contributed by atoms with E-state index in [1.54, 1.807) is 0 Å². The lowest BCUT2D eigenvalue weighted by molar-refractivity contribution is 0.0837. The normalized spacial score (nSPS) is 11.4. The highest BCUT2D eigenvalue weighted by Gasteiger charge is 2.28. The van der Waals surface area contributed by atoms with Gasteiger partial charge in [0.25, 0.3) is 0 Å². The number of hydrogen-bond donors (Lipinski definition) is 0. The quantitative estimate of drug-likeness (QED) is 0.560. The predicted molar refractivity (Wildman–Crippen MR) is 88.9 cm³/mol. The van der Waals surface area contributed by atoms with Crippen molar-refractivity contribution in [1.82, 2.24) is 0 Å². The molecule has 0 aliphatic carbocycles. The molecule has 0 heterocycles. The van der Waals surface area contributed by atoms with Crippen molar-refractivity contribution in [2.75, 3.05) is 0 Å². The minimum atomic E-state index is -0.156. The van der Waals surface area contributed by atoms with Gasteiger partial charge in [0.2, 0.25) is 0 Å². The van der Waals surface area contributed by atoms with Gasteiger partial charge in [-0.2, -0.15) is 0 Å². The van der Waals surface area contributed by atoms with Gasteiger partial charge in [-0.1, -0.05) is 66.7 Å². The predicted octanol–water partition coefficient (Wildman–Crippen LogP) is 3.08. The first-order valence-corrected chi connectivity index (χ1v) is 7.83. The van der Waals surface area contributed by atoms with Crippen LogP contribution in [-0.4, -0.2) is 16.1 Å². The number of rotatable bonds is 7. The van der Waals surface area contributed by atoms with E-state index < -0.39 is 0 Å². The van der Waals surface area contributed by atoms with Gasteiger partial charge in [-0.3, -0.25) is 0 Å². The van der Waals surface area contributed by atoms with Crippen LogP contribution in [0.3, 0.4) is 0 Å². The molecule has 0 saturated carbocycles. The lowest BCUT2D eigenvalue weighted by atomic mass is 9.85. The highest BCUT2D eigenvalue weighted by molar-refractivity contribution is 5.98. The molecule has 0 amide bonds. The molecule has 104 valence electrons. The van der Waals surface area contributed by atoms with Crippen LogP contribution in [0.5, 0.6) is 0 Å². The van der Waals surface area contributed by atoms with Gasteiger partial charge < -0.3 is 4.43 Å². The summed E-state index contributed by atoms with van der Waals surface area (Å²) in [5.74, 6) is 0. The van der Waals surface area contributed by atoms with Crippen molar-refractivity contribution < 1.29 is 4.43 Å². The molecule has 0 aliphatic rings. The van der Waals surface area contributed by atoms with Crippen molar-refractivity contribution in [1.29, 1.82) is 0 Å². The van der Waals surface area contributed by atoms with E-state index in [1.165, 1.54) is 11.1 Å². The molecule has 1 nitrogen and oxygen atoms in total. The third kappa shape index (κ3) is 3.92. The van der Waals surface area contributed by atoms with Crippen LogP contribution in [0.15, 0.2) is 73.3 Å². The topological polar surface area (TPSA) is 9.23 Å². The van der Waals surface area contributed by atoms with Crippen molar-refractivity contribution in [3.63, 3.8) is 0 Å². The third-order valence-electron chi connectivity index (χ3n) is 3.69. The van der Waals surface area contributed by atoms with E-state index in [2.05, 4.69) is 67.2 Å². The molecular weight excluding hydrogens is 260 g/mol. The summed E-state index contributed by atoms with van der Waals surface area (Å²) in [6.07, 6.45) is 4.71. The number of hydrogen-bond acceptors (Lipinski definition) is 1. The summed E-state index contributed by atoms with van der Waals surface area (Å²) in [5, 5.41) is 0. The van der Waals surface area contributed by atoms with Gasteiger partial charge in [-0.25, -0.2) is 0 Å². The first kappa shape index (κ1) is 14.8. The van der Waals surface area contributed by atoms with Crippen molar-refractivity contribution in [2.45, 2.75) is 24.9 Å². The van der Waals surface area contributed by atoms with Crippen LogP contribution < -0.4 is 0 Å². The van der Waals surface area contributed by atoms with Crippen LogP contribution in [0.1, 0.15) is 17.5 Å². The van der Waals surface area contributed by atoms with E-state index in [-0.39, 0.29) is 5.60 Å². The summed E-state index contributed by atoms with van der Waals surface area (Å²) >= 11 is 0. The fourth-order valence-corrected chi connectivity index (χ4v) is 3.09. The molecule has 0 aliphatic heterocycles. The molecule has 0 unspecified atom stereocenters. The fourth-order valence-electron chi connectivity index (χ4n) is 2.63. The summed E-state index contributed by atoms with van der Waals surface area (Å²) in [5.41, 5.74) is 2.48. The zero-order valence-electron chi connectivity index (χ0n) is 12.1. The molecule has 2 aromatic carbocycles. The van der Waals surface area contributed by atoms with Crippen LogP contribution in [-0.2, 0) is 17.3 Å². The Bertz CT molecular complexity index is 480. The maximum Gasteiger partial charge on any atom is 0.146 e. The van der Waals surface area contributed by atoms with Gasteiger partial charge in [0, 0.05) is 12.8 Å². The lowest BCUT2D eigenvalue weighted by Gasteiger charge is -2.33. The molecule has 2 rings (SSSR count). The fraction of sp³-hybridized carbons (Fsp3) is 0.222. The Morgan fingerprint density at radius 2 is 1.35 bits per heavy atom. The smallest absolute Gasteiger partial charge is 0.146 e. The second-order valence-corrected chi connectivity index (χ2v) is 5.61. The molecule has 2 heteroatoms. The van der Waals surface area contributed by atoms with Crippen LogP contribution in [0.2, 0.25) is 0 Å². The van der Waals surface area contributed by atoms with Gasteiger partial charge in [-0.05, 0) is 17.5 Å². The van der Waals surface area contributed by atoms with E-state index >= 15 is 0 Å². The molecule has 0 N–H and O–H groups in total. The molecule has 0 saturated heterocycles. The Morgan fingerprint density at radius 1 is 0.900 bits per heavy atom. The largest absolute Gasteiger partial charge is 0.421 e. The van der Waals surface area contributed by atoms with E-state index in [0.29, 0.717) is 0 Å². The zero-order chi connectivity index (χ0) is 14.3. The van der Waals surface area contributed by atoms with E-state index in [1.807, 2.05) is 6.08 Å². The van der Waals surface area contributed by atoms with Crippen molar-refractivity contribution in [3.05, 3.63) is 84.4 Å². The zero-order valence-corrected chi connectivity index (χ0v) is 14.1. The van der Waals surface area contributed by atoms with Gasteiger partial charge in [0.15, 0.2) is 0 Å². The summed E-state index contributed by atoms with van der Waals surface area (Å²) in [6, 6.07) is 21.1. The Balaban J connectivity index is 2.22. The molecule has 0 spiro atoms. The highest BCUT2D eigenvalue weighted by atomic mass is 28.2. The second-order valence-electron chi connectivity index (χ2n) is 5.20. The summed E-state index contributed by atoms with van der Waals surface area (Å²) in [6.45, 7) is 3.91. The average Bonchev–Trinajstić information content (AvgIpc) is 2.49. The Morgan fingerprint density at radius 3 is 1.70 bits per heavy atom. The van der Waals surface area contributed by atoms with Gasteiger partial charge in [0.1, 0.15) is 10.5 Å². The first-order valence-electron chi connectivity index (χ1n) is 7.02. The van der Waals surface area contributed by atoms with Crippen molar-refractivity contribution in [2.24, 2.45) is 0 Å². The molecule has 0 radical (unpaired) electrons. The first-order chi connectivity index (χ1) is 9.78. The maximum absolute atomic E-state index is 6.05.